The Hall–Kier alpha value is -2.30. The molecule has 2 aromatic rings. The molecule has 2 aliphatic heterocycles. The molecule has 1 amide bonds. The van der Waals surface area contributed by atoms with Crippen LogP contribution in [0.1, 0.15) is 45.6 Å². The maximum atomic E-state index is 14.0. The van der Waals surface area contributed by atoms with Crippen molar-refractivity contribution in [2.45, 2.75) is 42.9 Å². The predicted molar refractivity (Wildman–Crippen MR) is 117 cm³/mol. The van der Waals surface area contributed by atoms with Crippen LogP contribution in [0.2, 0.25) is 0 Å². The van der Waals surface area contributed by atoms with Gasteiger partial charge in [0.1, 0.15) is 10.0 Å². The smallest absolute Gasteiger partial charge is 0.340 e. The van der Waals surface area contributed by atoms with E-state index in [2.05, 4.69) is 0 Å². The molecule has 0 aliphatic carbocycles. The number of methoxy groups -OCH3 is 1. The standard InChI is InChI=1S/C22H25FN2O5S2/c1-30-21(27)20-16-9-12-24(19(26)13-15-7-3-4-8-17(15)23)14-18(16)31-22(20)32(28,29)25-10-5-2-6-11-25/h3-4,7-8H,2,5-6,9-14H2,1H3. The Balaban J connectivity index is 1.63. The van der Waals surface area contributed by atoms with Crippen molar-refractivity contribution in [2.24, 2.45) is 0 Å². The minimum absolute atomic E-state index is 0.000321. The lowest BCUT2D eigenvalue weighted by atomic mass is 10.0. The minimum Gasteiger partial charge on any atom is -0.465 e. The molecule has 172 valence electrons. The Morgan fingerprint density at radius 1 is 1.12 bits per heavy atom. The van der Waals surface area contributed by atoms with Crippen LogP contribution in [0.3, 0.4) is 0 Å². The molecule has 7 nitrogen and oxygen atoms in total. The zero-order valence-electron chi connectivity index (χ0n) is 17.8. The van der Waals surface area contributed by atoms with Gasteiger partial charge in [-0.15, -0.1) is 11.3 Å². The maximum Gasteiger partial charge on any atom is 0.340 e. The lowest BCUT2D eigenvalue weighted by Crippen LogP contribution is -2.37. The van der Waals surface area contributed by atoms with Gasteiger partial charge in [0.15, 0.2) is 0 Å². The fourth-order valence-corrected chi connectivity index (χ4v) is 7.78. The topological polar surface area (TPSA) is 84.0 Å². The van der Waals surface area contributed by atoms with Crippen LogP contribution in [0.5, 0.6) is 0 Å². The first-order valence-electron chi connectivity index (χ1n) is 10.6. The predicted octanol–water partition coefficient (Wildman–Crippen LogP) is 2.98. The number of amides is 1. The van der Waals surface area contributed by atoms with Gasteiger partial charge in [0.2, 0.25) is 5.91 Å². The first-order chi connectivity index (χ1) is 15.3. The van der Waals surface area contributed by atoms with Crippen LogP contribution in [0, 0.1) is 5.82 Å². The number of rotatable bonds is 5. The van der Waals surface area contributed by atoms with Crippen LogP contribution < -0.4 is 0 Å². The molecule has 3 heterocycles. The third kappa shape index (κ3) is 4.31. The molecule has 1 aromatic carbocycles. The number of carbonyl (C=O) groups is 2. The van der Waals surface area contributed by atoms with E-state index in [1.807, 2.05) is 0 Å². The number of hydrogen-bond donors (Lipinski definition) is 0. The van der Waals surface area contributed by atoms with Crippen LogP contribution >= 0.6 is 11.3 Å². The maximum absolute atomic E-state index is 14.0. The number of ether oxygens (including phenoxy) is 1. The molecule has 1 saturated heterocycles. The molecule has 4 rings (SSSR count). The summed E-state index contributed by atoms with van der Waals surface area (Å²) >= 11 is 1.04. The monoisotopic (exact) mass is 480 g/mol. The zero-order chi connectivity index (χ0) is 22.9. The fraction of sp³-hybridized carbons (Fsp3) is 0.455. The van der Waals surface area contributed by atoms with Crippen LogP contribution in [-0.4, -0.2) is 56.2 Å². The number of esters is 1. The zero-order valence-corrected chi connectivity index (χ0v) is 19.4. The third-order valence-corrected chi connectivity index (χ3v) is 9.57. The number of thiophene rings is 1. The van der Waals surface area contributed by atoms with Crippen molar-refractivity contribution in [1.29, 1.82) is 0 Å². The highest BCUT2D eigenvalue weighted by molar-refractivity contribution is 7.91. The van der Waals surface area contributed by atoms with Gasteiger partial charge in [-0.05, 0) is 36.5 Å². The summed E-state index contributed by atoms with van der Waals surface area (Å²) in [5, 5.41) is 0. The van der Waals surface area contributed by atoms with Crippen molar-refractivity contribution in [1.82, 2.24) is 9.21 Å². The van der Waals surface area contributed by atoms with Gasteiger partial charge >= 0.3 is 5.97 Å². The van der Waals surface area contributed by atoms with Gasteiger partial charge in [0.25, 0.3) is 10.0 Å². The highest BCUT2D eigenvalue weighted by Gasteiger charge is 2.38. The molecule has 0 unspecified atom stereocenters. The molecule has 0 radical (unpaired) electrons. The van der Waals surface area contributed by atoms with Crippen molar-refractivity contribution in [2.75, 3.05) is 26.7 Å². The molecular weight excluding hydrogens is 455 g/mol. The van der Waals surface area contributed by atoms with E-state index in [1.165, 1.54) is 17.5 Å². The SMILES string of the molecule is COC(=O)c1c(S(=O)(=O)N2CCCCC2)sc2c1CCN(C(=O)Cc1ccccc1F)C2. The number of hydrogen-bond acceptors (Lipinski definition) is 6. The van der Waals surface area contributed by atoms with Crippen molar-refractivity contribution in [3.8, 4) is 0 Å². The van der Waals surface area contributed by atoms with Gasteiger partial charge in [0, 0.05) is 24.5 Å². The normalized spacial score (nSPS) is 17.1. The summed E-state index contributed by atoms with van der Waals surface area (Å²) in [6.45, 7) is 1.37. The second-order valence-corrected chi connectivity index (χ2v) is 11.2. The van der Waals surface area contributed by atoms with E-state index in [1.54, 1.807) is 23.1 Å². The Bertz CT molecular complexity index is 1140. The number of halogens is 1. The van der Waals surface area contributed by atoms with Crippen molar-refractivity contribution in [3.05, 3.63) is 51.7 Å². The molecule has 0 saturated carbocycles. The lowest BCUT2D eigenvalue weighted by Gasteiger charge is -2.27. The molecule has 0 N–H and O–H groups in total. The molecule has 0 atom stereocenters. The molecule has 32 heavy (non-hydrogen) atoms. The summed E-state index contributed by atoms with van der Waals surface area (Å²) in [5.41, 5.74) is 1.05. The van der Waals surface area contributed by atoms with Gasteiger partial charge in [-0.2, -0.15) is 4.31 Å². The second kappa shape index (κ2) is 9.29. The molecule has 10 heteroatoms. The van der Waals surface area contributed by atoms with Crippen LogP contribution in [0.15, 0.2) is 28.5 Å². The van der Waals surface area contributed by atoms with Gasteiger partial charge in [-0.1, -0.05) is 24.6 Å². The lowest BCUT2D eigenvalue weighted by molar-refractivity contribution is -0.131. The number of fused-ring (bicyclic) bond motifs is 1. The minimum atomic E-state index is -3.84. The fourth-order valence-electron chi connectivity index (χ4n) is 4.22. The van der Waals surface area contributed by atoms with E-state index < -0.39 is 21.8 Å². The number of carbonyl (C=O) groups excluding carboxylic acids is 2. The van der Waals surface area contributed by atoms with Gasteiger partial charge < -0.3 is 9.64 Å². The summed E-state index contributed by atoms with van der Waals surface area (Å²) in [6.07, 6.45) is 2.83. The van der Waals surface area contributed by atoms with E-state index >= 15 is 0 Å². The highest BCUT2D eigenvalue weighted by atomic mass is 32.2. The molecule has 0 spiro atoms. The third-order valence-electron chi connectivity index (χ3n) is 5.96. The summed E-state index contributed by atoms with van der Waals surface area (Å²) in [4.78, 5) is 27.6. The van der Waals surface area contributed by atoms with Crippen molar-refractivity contribution < 1.29 is 27.1 Å². The Kier molecular flexibility index (Phi) is 6.64. The molecular formula is C22H25FN2O5S2. The first kappa shape index (κ1) is 22.9. The molecule has 2 aliphatic rings. The van der Waals surface area contributed by atoms with Crippen molar-refractivity contribution in [3.63, 3.8) is 0 Å². The quantitative estimate of drug-likeness (QED) is 0.615. The highest BCUT2D eigenvalue weighted by Crippen LogP contribution is 2.38. The largest absolute Gasteiger partial charge is 0.465 e. The molecule has 1 aromatic heterocycles. The summed E-state index contributed by atoms with van der Waals surface area (Å²) in [5.74, 6) is -1.35. The average Bonchev–Trinajstić information content (AvgIpc) is 3.20. The molecule has 1 fully saturated rings. The van der Waals surface area contributed by atoms with E-state index in [0.717, 1.165) is 30.6 Å². The van der Waals surface area contributed by atoms with Crippen LogP contribution in [-0.2, 0) is 38.9 Å². The van der Waals surface area contributed by atoms with Gasteiger partial charge in [-0.25, -0.2) is 17.6 Å². The second-order valence-electron chi connectivity index (χ2n) is 7.96. The number of piperidine rings is 1. The Morgan fingerprint density at radius 3 is 2.53 bits per heavy atom. The van der Waals surface area contributed by atoms with Crippen molar-refractivity contribution >= 4 is 33.2 Å². The van der Waals surface area contributed by atoms with Gasteiger partial charge in [0.05, 0.1) is 25.6 Å². The Labute approximate surface area is 190 Å². The first-order valence-corrected chi connectivity index (χ1v) is 12.8. The number of benzene rings is 1. The summed E-state index contributed by atoms with van der Waals surface area (Å²) < 4.78 is 47.0. The average molecular weight is 481 g/mol. The number of sulfonamides is 1. The van der Waals surface area contributed by atoms with E-state index in [0.29, 0.717) is 42.1 Å². The van der Waals surface area contributed by atoms with E-state index in [4.69, 9.17) is 4.74 Å². The summed E-state index contributed by atoms with van der Waals surface area (Å²) in [7, 11) is -2.60. The van der Waals surface area contributed by atoms with E-state index in [9.17, 15) is 22.4 Å². The molecule has 0 bridgehead atoms. The van der Waals surface area contributed by atoms with E-state index in [-0.39, 0.29) is 28.6 Å². The number of nitrogens with zero attached hydrogens (tertiary/aromatic N) is 2. The van der Waals surface area contributed by atoms with Crippen LogP contribution in [0.25, 0.3) is 0 Å². The summed E-state index contributed by atoms with van der Waals surface area (Å²) in [6, 6.07) is 6.14. The Morgan fingerprint density at radius 2 is 1.84 bits per heavy atom. The van der Waals surface area contributed by atoms with Gasteiger partial charge in [-0.3, -0.25) is 4.79 Å². The van der Waals surface area contributed by atoms with Crippen LogP contribution in [0.4, 0.5) is 4.39 Å².